The lowest BCUT2D eigenvalue weighted by atomic mass is 9.88. The topological polar surface area (TPSA) is 217 Å². The molecule has 3 atom stereocenters. The zero-order valence-electron chi connectivity index (χ0n) is 26.5. The number of Topliss-reactive ketones (excluding diaryl/α,β-unsaturated/α-hetero) is 1. The number of benzene rings is 3. The first-order valence-electron chi connectivity index (χ1n) is 14.7. The van der Waals surface area contributed by atoms with Crippen LogP contribution in [0.25, 0.3) is 0 Å². The summed E-state index contributed by atoms with van der Waals surface area (Å²) in [4.78, 5) is 83.4. The number of urea groups is 1. The average molecular weight is 697 g/mol. The van der Waals surface area contributed by atoms with Gasteiger partial charge in [0.2, 0.25) is 5.91 Å². The maximum absolute atomic E-state index is 14.8. The van der Waals surface area contributed by atoms with Gasteiger partial charge < -0.3 is 26.7 Å². The molecular formula is C33H31F3N6O8. The van der Waals surface area contributed by atoms with Crippen molar-refractivity contribution in [2.24, 2.45) is 16.7 Å². The van der Waals surface area contributed by atoms with Crippen LogP contribution in [0.4, 0.5) is 23.7 Å². The van der Waals surface area contributed by atoms with E-state index in [0.29, 0.717) is 10.5 Å². The SMILES string of the molecule is CC(=O)[C@@](C(=O)O)(N1C(=O)N(Cc2ccc(C(F)(F)F)cc2)[C@](C)(c2ccc(C=NN)cc2)C1=O)N(C(=O)[C@@H](N)CC(=O)O)c1ccccc1. The quantitative estimate of drug-likeness (QED) is 0.0714. The first kappa shape index (κ1) is 36.7. The number of carboxylic acids is 2. The molecule has 0 unspecified atom stereocenters. The highest BCUT2D eigenvalue weighted by atomic mass is 19.4. The zero-order chi connectivity index (χ0) is 37.2. The van der Waals surface area contributed by atoms with Gasteiger partial charge in [0, 0.05) is 12.2 Å². The molecule has 1 saturated heterocycles. The molecule has 0 spiro atoms. The fourth-order valence-corrected chi connectivity index (χ4v) is 5.73. The Balaban J connectivity index is 2.01. The van der Waals surface area contributed by atoms with E-state index in [4.69, 9.17) is 11.6 Å². The second kappa shape index (κ2) is 13.8. The lowest BCUT2D eigenvalue weighted by molar-refractivity contribution is -0.162. The number of ketones is 1. The number of hydrogen-bond donors (Lipinski definition) is 4. The van der Waals surface area contributed by atoms with E-state index < -0.39 is 77.5 Å². The van der Waals surface area contributed by atoms with Gasteiger partial charge in [0.05, 0.1) is 24.2 Å². The Morgan fingerprint density at radius 2 is 1.54 bits per heavy atom. The first-order chi connectivity index (χ1) is 23.4. The molecule has 3 aromatic carbocycles. The summed E-state index contributed by atoms with van der Waals surface area (Å²) in [5, 5.41) is 23.7. The fourth-order valence-electron chi connectivity index (χ4n) is 5.73. The van der Waals surface area contributed by atoms with Crippen molar-refractivity contribution >= 4 is 47.5 Å². The van der Waals surface area contributed by atoms with Gasteiger partial charge in [-0.3, -0.25) is 24.1 Å². The lowest BCUT2D eigenvalue weighted by Crippen LogP contribution is -2.74. The van der Waals surface area contributed by atoms with Gasteiger partial charge in [-0.15, -0.1) is 0 Å². The number of nitrogens with zero attached hydrogens (tertiary/aromatic N) is 4. The molecule has 1 aliphatic rings. The van der Waals surface area contributed by atoms with Crippen LogP contribution in [0.1, 0.15) is 42.5 Å². The minimum absolute atomic E-state index is 0.0717. The summed E-state index contributed by atoms with van der Waals surface area (Å²) in [6.45, 7) is 1.38. The number of imide groups is 1. The number of rotatable bonds is 12. The van der Waals surface area contributed by atoms with Crippen molar-refractivity contribution in [3.05, 3.63) is 101 Å². The number of carboxylic acid groups (broad SMARTS) is 2. The van der Waals surface area contributed by atoms with E-state index >= 15 is 0 Å². The highest BCUT2D eigenvalue weighted by Gasteiger charge is 2.69. The van der Waals surface area contributed by atoms with E-state index in [9.17, 15) is 52.2 Å². The summed E-state index contributed by atoms with van der Waals surface area (Å²) in [5.41, 5.74) is -0.440. The van der Waals surface area contributed by atoms with Gasteiger partial charge in [0.1, 0.15) is 5.54 Å². The van der Waals surface area contributed by atoms with E-state index in [-0.39, 0.29) is 21.7 Å². The Kier molecular flexibility index (Phi) is 10.1. The third-order valence-electron chi connectivity index (χ3n) is 8.28. The summed E-state index contributed by atoms with van der Waals surface area (Å²) in [5.74, 6) is -2.64. The number of hydrogen-bond acceptors (Lipinski definition) is 9. The number of nitrogens with two attached hydrogens (primary N) is 2. The number of alkyl halides is 3. The van der Waals surface area contributed by atoms with E-state index in [2.05, 4.69) is 5.10 Å². The van der Waals surface area contributed by atoms with Crippen LogP contribution in [0.2, 0.25) is 0 Å². The van der Waals surface area contributed by atoms with Gasteiger partial charge in [0.15, 0.2) is 5.78 Å². The summed E-state index contributed by atoms with van der Waals surface area (Å²) < 4.78 is 40.0. The molecule has 4 amide bonds. The third kappa shape index (κ3) is 6.37. The van der Waals surface area contributed by atoms with Crippen LogP contribution >= 0.6 is 0 Å². The van der Waals surface area contributed by atoms with Crippen molar-refractivity contribution in [3.63, 3.8) is 0 Å². The minimum Gasteiger partial charge on any atom is -0.481 e. The van der Waals surface area contributed by atoms with Crippen LogP contribution in [-0.4, -0.2) is 73.5 Å². The van der Waals surface area contributed by atoms with Crippen molar-refractivity contribution in [2.75, 3.05) is 4.90 Å². The first-order valence-corrected chi connectivity index (χ1v) is 14.7. The molecule has 0 aromatic heterocycles. The number of para-hydroxylation sites is 1. The van der Waals surface area contributed by atoms with Crippen LogP contribution in [0, 0.1) is 0 Å². The van der Waals surface area contributed by atoms with E-state index in [1.807, 2.05) is 0 Å². The molecular weight excluding hydrogens is 665 g/mol. The maximum atomic E-state index is 14.8. The molecule has 17 heteroatoms. The number of carbonyl (C=O) groups excluding carboxylic acids is 4. The maximum Gasteiger partial charge on any atom is 0.416 e. The van der Waals surface area contributed by atoms with Crippen molar-refractivity contribution in [3.8, 4) is 0 Å². The molecule has 0 aliphatic carbocycles. The standard InChI is InChI=1S/C33H31F3N6O8/c1-19(43)32(29(48)49,41(24-6-4-3-5-7-24)27(46)25(37)16-26(44)45)42-28(47)31(2,22-12-8-20(9-13-22)17-39-38)40(30(42)50)18-21-10-14-23(15-11-21)33(34,35)36/h3-15,17,25H,16,18,37-38H2,1-2H3,(H,44,45)(H,48,49)/t25-,31+,32-/m0/s1. The second-order valence-corrected chi connectivity index (χ2v) is 11.4. The number of aliphatic carboxylic acids is 2. The van der Waals surface area contributed by atoms with Gasteiger partial charge in [-0.05, 0) is 54.8 Å². The molecule has 50 heavy (non-hydrogen) atoms. The molecule has 14 nitrogen and oxygen atoms in total. The van der Waals surface area contributed by atoms with Crippen LogP contribution in [0.15, 0.2) is 84.0 Å². The molecule has 1 fully saturated rings. The smallest absolute Gasteiger partial charge is 0.416 e. The molecule has 0 saturated carbocycles. The predicted molar refractivity (Wildman–Crippen MR) is 170 cm³/mol. The van der Waals surface area contributed by atoms with Gasteiger partial charge >= 0.3 is 24.1 Å². The van der Waals surface area contributed by atoms with E-state index in [0.717, 1.165) is 36.1 Å². The fraction of sp³-hybridized carbons (Fsp3) is 0.242. The van der Waals surface area contributed by atoms with Gasteiger partial charge in [-0.2, -0.15) is 18.3 Å². The third-order valence-corrected chi connectivity index (χ3v) is 8.28. The molecule has 0 radical (unpaired) electrons. The Labute approximate surface area is 282 Å². The van der Waals surface area contributed by atoms with Crippen LogP contribution in [0.5, 0.6) is 0 Å². The molecule has 1 heterocycles. The molecule has 3 aromatic rings. The summed E-state index contributed by atoms with van der Waals surface area (Å²) in [7, 11) is 0. The summed E-state index contributed by atoms with van der Waals surface area (Å²) in [6, 6.07) is 12.5. The molecule has 262 valence electrons. The van der Waals surface area contributed by atoms with Crippen molar-refractivity contribution < 1.29 is 52.2 Å². The highest BCUT2D eigenvalue weighted by Crippen LogP contribution is 2.44. The Bertz CT molecular complexity index is 1840. The lowest BCUT2D eigenvalue weighted by Gasteiger charge is -2.43. The Hall–Kier alpha value is -6.10. The van der Waals surface area contributed by atoms with E-state index in [1.54, 1.807) is 0 Å². The molecule has 4 rings (SSSR count). The number of anilines is 1. The Morgan fingerprint density at radius 1 is 0.960 bits per heavy atom. The number of halogens is 3. The van der Waals surface area contributed by atoms with Crippen molar-refractivity contribution in [1.29, 1.82) is 0 Å². The summed E-state index contributed by atoms with van der Waals surface area (Å²) >= 11 is 0. The van der Waals surface area contributed by atoms with Crippen LogP contribution in [0.3, 0.4) is 0 Å². The zero-order valence-corrected chi connectivity index (χ0v) is 26.5. The summed E-state index contributed by atoms with van der Waals surface area (Å²) in [6.07, 6.45) is -4.43. The second-order valence-electron chi connectivity index (χ2n) is 11.4. The van der Waals surface area contributed by atoms with Crippen molar-refractivity contribution in [2.45, 2.75) is 50.2 Å². The number of amides is 4. The van der Waals surface area contributed by atoms with Gasteiger partial charge in [0.25, 0.3) is 11.6 Å². The number of carbonyl (C=O) groups is 6. The number of hydrazone groups is 1. The molecule has 1 aliphatic heterocycles. The molecule has 6 N–H and O–H groups in total. The normalized spacial score (nSPS) is 18.2. The average Bonchev–Trinajstić information content (AvgIpc) is 3.24. The van der Waals surface area contributed by atoms with Crippen LogP contribution < -0.4 is 16.5 Å². The van der Waals surface area contributed by atoms with Gasteiger partial charge in [-0.25, -0.2) is 14.5 Å². The Morgan fingerprint density at radius 3 is 2.02 bits per heavy atom. The predicted octanol–water partition coefficient (Wildman–Crippen LogP) is 2.88. The van der Waals surface area contributed by atoms with Crippen molar-refractivity contribution in [1.82, 2.24) is 9.80 Å². The monoisotopic (exact) mass is 696 g/mol. The highest BCUT2D eigenvalue weighted by molar-refractivity contribution is 6.24. The van der Waals surface area contributed by atoms with Gasteiger partial charge in [-0.1, -0.05) is 54.6 Å². The minimum atomic E-state index is -4.69. The molecule has 0 bridgehead atoms. The largest absolute Gasteiger partial charge is 0.481 e. The van der Waals surface area contributed by atoms with Crippen LogP contribution in [-0.2, 0) is 42.2 Å². The van der Waals surface area contributed by atoms with E-state index in [1.165, 1.54) is 67.7 Å².